The standard InChI is InChI=1S/C22H27ClN2O4S/c1-17-10-12-25(13-11-17)30(27,28)21-8-6-18(7-9-21)22(26)24(2)14-15-29-20-5-3-4-19(23)16-20/h3-9,16-17H,10-15H2,1-2H3. The molecule has 1 heterocycles. The Labute approximate surface area is 183 Å². The van der Waals surface area contributed by atoms with Gasteiger partial charge in [-0.25, -0.2) is 8.42 Å². The minimum absolute atomic E-state index is 0.194. The number of benzene rings is 2. The van der Waals surface area contributed by atoms with E-state index in [0.717, 1.165) is 12.8 Å². The largest absolute Gasteiger partial charge is 0.492 e. The molecule has 1 fully saturated rings. The van der Waals surface area contributed by atoms with E-state index in [-0.39, 0.29) is 10.8 Å². The zero-order valence-electron chi connectivity index (χ0n) is 17.3. The monoisotopic (exact) mass is 450 g/mol. The fourth-order valence-electron chi connectivity index (χ4n) is 3.32. The molecule has 0 unspecified atom stereocenters. The molecule has 1 aliphatic rings. The number of piperidine rings is 1. The number of hydrogen-bond donors (Lipinski definition) is 0. The van der Waals surface area contributed by atoms with Crippen LogP contribution in [0.15, 0.2) is 53.4 Å². The Morgan fingerprint density at radius 2 is 1.83 bits per heavy atom. The molecule has 0 saturated carbocycles. The predicted octanol–water partition coefficient (Wildman–Crippen LogP) is 3.91. The molecule has 3 rings (SSSR count). The minimum Gasteiger partial charge on any atom is -0.492 e. The summed E-state index contributed by atoms with van der Waals surface area (Å²) in [6, 6.07) is 13.2. The highest BCUT2D eigenvalue weighted by Crippen LogP contribution is 2.24. The van der Waals surface area contributed by atoms with Crippen LogP contribution in [0.2, 0.25) is 5.02 Å². The Hall–Kier alpha value is -2.09. The molecule has 8 heteroatoms. The summed E-state index contributed by atoms with van der Waals surface area (Å²) in [4.78, 5) is 14.4. The van der Waals surface area contributed by atoms with Gasteiger partial charge in [-0.05, 0) is 61.2 Å². The second-order valence-electron chi connectivity index (χ2n) is 7.64. The van der Waals surface area contributed by atoms with Crippen LogP contribution in [-0.4, -0.2) is 56.8 Å². The Morgan fingerprint density at radius 3 is 2.47 bits per heavy atom. The average Bonchev–Trinajstić information content (AvgIpc) is 2.73. The molecule has 0 radical (unpaired) electrons. The van der Waals surface area contributed by atoms with Crippen molar-refractivity contribution in [2.75, 3.05) is 33.3 Å². The van der Waals surface area contributed by atoms with Gasteiger partial charge in [0.15, 0.2) is 0 Å². The molecule has 0 aliphatic carbocycles. The maximum atomic E-state index is 12.8. The summed E-state index contributed by atoms with van der Waals surface area (Å²) in [6.45, 7) is 3.93. The molecule has 0 N–H and O–H groups in total. The summed E-state index contributed by atoms with van der Waals surface area (Å²) in [5.74, 6) is 1.00. The first-order valence-electron chi connectivity index (χ1n) is 10.0. The van der Waals surface area contributed by atoms with Gasteiger partial charge >= 0.3 is 0 Å². The second kappa shape index (κ2) is 9.81. The highest BCUT2D eigenvalue weighted by atomic mass is 35.5. The average molecular weight is 451 g/mol. The Morgan fingerprint density at radius 1 is 1.17 bits per heavy atom. The van der Waals surface area contributed by atoms with Gasteiger partial charge < -0.3 is 9.64 Å². The van der Waals surface area contributed by atoms with Crippen LogP contribution < -0.4 is 4.74 Å². The van der Waals surface area contributed by atoms with E-state index in [9.17, 15) is 13.2 Å². The van der Waals surface area contributed by atoms with Gasteiger partial charge in [-0.15, -0.1) is 0 Å². The van der Waals surface area contributed by atoms with Crippen LogP contribution in [0.4, 0.5) is 0 Å². The first-order chi connectivity index (χ1) is 14.3. The molecule has 1 aliphatic heterocycles. The van der Waals surface area contributed by atoms with Gasteiger partial charge in [0.1, 0.15) is 12.4 Å². The van der Waals surface area contributed by atoms with Crippen LogP contribution in [-0.2, 0) is 10.0 Å². The first-order valence-corrected chi connectivity index (χ1v) is 11.8. The fourth-order valence-corrected chi connectivity index (χ4v) is 4.97. The molecule has 2 aromatic carbocycles. The molecule has 0 bridgehead atoms. The second-order valence-corrected chi connectivity index (χ2v) is 10.0. The van der Waals surface area contributed by atoms with Crippen molar-refractivity contribution in [3.05, 3.63) is 59.1 Å². The van der Waals surface area contributed by atoms with E-state index in [0.29, 0.717) is 48.5 Å². The number of carbonyl (C=O) groups excluding carboxylic acids is 1. The van der Waals surface area contributed by atoms with Gasteiger partial charge in [-0.2, -0.15) is 4.31 Å². The van der Waals surface area contributed by atoms with Gasteiger partial charge in [-0.3, -0.25) is 4.79 Å². The lowest BCUT2D eigenvalue weighted by molar-refractivity contribution is 0.0773. The lowest BCUT2D eigenvalue weighted by Gasteiger charge is -2.29. The van der Waals surface area contributed by atoms with Crippen molar-refractivity contribution in [2.45, 2.75) is 24.7 Å². The third-order valence-corrected chi connectivity index (χ3v) is 7.47. The van der Waals surface area contributed by atoms with E-state index in [4.69, 9.17) is 16.3 Å². The number of likely N-dealkylation sites (N-methyl/N-ethyl adjacent to an activating group) is 1. The van der Waals surface area contributed by atoms with E-state index in [2.05, 4.69) is 6.92 Å². The van der Waals surface area contributed by atoms with Gasteiger partial charge in [-0.1, -0.05) is 24.6 Å². The lowest BCUT2D eigenvalue weighted by atomic mass is 10.0. The highest BCUT2D eigenvalue weighted by Gasteiger charge is 2.28. The van der Waals surface area contributed by atoms with Gasteiger partial charge in [0.25, 0.3) is 5.91 Å². The maximum Gasteiger partial charge on any atom is 0.253 e. The van der Waals surface area contributed by atoms with Crippen molar-refractivity contribution < 1.29 is 17.9 Å². The Bertz CT molecular complexity index is 971. The minimum atomic E-state index is -3.52. The van der Waals surface area contributed by atoms with E-state index in [1.165, 1.54) is 16.4 Å². The zero-order chi connectivity index (χ0) is 21.7. The van der Waals surface area contributed by atoms with Crippen molar-refractivity contribution in [2.24, 2.45) is 5.92 Å². The smallest absolute Gasteiger partial charge is 0.253 e. The molecule has 0 spiro atoms. The van der Waals surface area contributed by atoms with E-state index >= 15 is 0 Å². The summed E-state index contributed by atoms with van der Waals surface area (Å²) in [5, 5.41) is 0.589. The molecule has 6 nitrogen and oxygen atoms in total. The SMILES string of the molecule is CC1CCN(S(=O)(=O)c2ccc(C(=O)N(C)CCOc3cccc(Cl)c3)cc2)CC1. The number of hydrogen-bond acceptors (Lipinski definition) is 4. The quantitative estimate of drug-likeness (QED) is 0.641. The van der Waals surface area contributed by atoms with Crippen LogP contribution in [0, 0.1) is 5.92 Å². The molecular weight excluding hydrogens is 424 g/mol. The normalized spacial score (nSPS) is 15.7. The third kappa shape index (κ3) is 5.53. The number of amides is 1. The number of nitrogens with zero attached hydrogens (tertiary/aromatic N) is 2. The van der Waals surface area contributed by atoms with Crippen LogP contribution in [0.3, 0.4) is 0 Å². The number of rotatable bonds is 7. The number of carbonyl (C=O) groups is 1. The van der Waals surface area contributed by atoms with Crippen LogP contribution in [0.25, 0.3) is 0 Å². The topological polar surface area (TPSA) is 66.9 Å². The molecular formula is C22H27ClN2O4S. The van der Waals surface area contributed by atoms with Gasteiger partial charge in [0.2, 0.25) is 10.0 Å². The van der Waals surface area contributed by atoms with Crippen molar-refractivity contribution in [1.82, 2.24) is 9.21 Å². The summed E-state index contributed by atoms with van der Waals surface area (Å²) >= 11 is 5.93. The van der Waals surface area contributed by atoms with E-state index in [1.54, 1.807) is 48.3 Å². The van der Waals surface area contributed by atoms with E-state index in [1.807, 2.05) is 0 Å². The van der Waals surface area contributed by atoms with E-state index < -0.39 is 10.0 Å². The summed E-state index contributed by atoms with van der Waals surface area (Å²) < 4.78 is 32.8. The van der Waals surface area contributed by atoms with Crippen LogP contribution >= 0.6 is 11.6 Å². The Kier molecular flexibility index (Phi) is 7.39. The molecule has 1 amide bonds. The van der Waals surface area contributed by atoms with Crippen LogP contribution in [0.1, 0.15) is 30.1 Å². The molecule has 1 saturated heterocycles. The van der Waals surface area contributed by atoms with Crippen molar-refractivity contribution in [3.8, 4) is 5.75 Å². The summed E-state index contributed by atoms with van der Waals surface area (Å²) in [7, 11) is -1.84. The van der Waals surface area contributed by atoms with Crippen LogP contribution in [0.5, 0.6) is 5.75 Å². The molecule has 0 aromatic heterocycles. The van der Waals surface area contributed by atoms with Crippen molar-refractivity contribution in [3.63, 3.8) is 0 Å². The maximum absolute atomic E-state index is 12.8. The van der Waals surface area contributed by atoms with Crippen molar-refractivity contribution in [1.29, 1.82) is 0 Å². The molecule has 30 heavy (non-hydrogen) atoms. The first kappa shape index (κ1) is 22.6. The third-order valence-electron chi connectivity index (χ3n) is 5.32. The fraction of sp³-hybridized carbons (Fsp3) is 0.409. The highest BCUT2D eigenvalue weighted by molar-refractivity contribution is 7.89. The molecule has 2 aromatic rings. The predicted molar refractivity (Wildman–Crippen MR) is 118 cm³/mol. The molecule has 162 valence electrons. The number of ether oxygens (including phenoxy) is 1. The Balaban J connectivity index is 1.57. The van der Waals surface area contributed by atoms with Gasteiger partial charge in [0.05, 0.1) is 11.4 Å². The lowest BCUT2D eigenvalue weighted by Crippen LogP contribution is -2.37. The number of halogens is 1. The van der Waals surface area contributed by atoms with Crippen molar-refractivity contribution >= 4 is 27.5 Å². The summed E-state index contributed by atoms with van der Waals surface area (Å²) in [5.41, 5.74) is 0.437. The summed E-state index contributed by atoms with van der Waals surface area (Å²) in [6.07, 6.45) is 1.75. The van der Waals surface area contributed by atoms with Gasteiger partial charge in [0, 0.05) is 30.7 Å². The number of sulfonamides is 1. The zero-order valence-corrected chi connectivity index (χ0v) is 18.8. The molecule has 0 atom stereocenters.